The minimum absolute atomic E-state index is 0.133. The van der Waals surface area contributed by atoms with Gasteiger partial charge in [-0.05, 0) is 63.7 Å². The highest BCUT2D eigenvalue weighted by molar-refractivity contribution is 7.13. The molecule has 1 aliphatic carbocycles. The third-order valence-electron chi connectivity index (χ3n) is 5.13. The van der Waals surface area contributed by atoms with Crippen LogP contribution in [0.15, 0.2) is 12.1 Å². The smallest absolute Gasteiger partial charge is 0.261 e. The molecular weight excluding hydrogens is 292 g/mol. The fraction of sp³-hybridized carbons (Fsp3) is 0.722. The zero-order chi connectivity index (χ0) is 15.4. The van der Waals surface area contributed by atoms with Crippen molar-refractivity contribution in [2.45, 2.75) is 57.9 Å². The molecule has 2 unspecified atom stereocenters. The molecule has 3 nitrogen and oxygen atoms in total. The lowest BCUT2D eigenvalue weighted by atomic mass is 9.83. The summed E-state index contributed by atoms with van der Waals surface area (Å²) < 4.78 is 0. The van der Waals surface area contributed by atoms with Crippen LogP contribution in [0.1, 0.15) is 59.5 Å². The molecule has 1 amide bonds. The molecule has 1 saturated heterocycles. The molecule has 0 radical (unpaired) electrons. The third kappa shape index (κ3) is 4.11. The minimum Gasteiger partial charge on any atom is -0.348 e. The summed E-state index contributed by atoms with van der Waals surface area (Å²) in [7, 11) is 0. The van der Waals surface area contributed by atoms with Crippen LogP contribution >= 0.6 is 11.3 Å². The van der Waals surface area contributed by atoms with E-state index in [-0.39, 0.29) is 5.91 Å². The van der Waals surface area contributed by atoms with Crippen molar-refractivity contribution in [3.05, 3.63) is 21.9 Å². The topological polar surface area (TPSA) is 32.3 Å². The van der Waals surface area contributed by atoms with Crippen molar-refractivity contribution in [3.8, 4) is 0 Å². The van der Waals surface area contributed by atoms with E-state index in [1.54, 1.807) is 11.3 Å². The van der Waals surface area contributed by atoms with Gasteiger partial charge < -0.3 is 10.2 Å². The van der Waals surface area contributed by atoms with Gasteiger partial charge in [0.25, 0.3) is 5.91 Å². The Hall–Kier alpha value is -0.870. The molecular formula is C18H28N2OS. The van der Waals surface area contributed by atoms with Crippen LogP contribution < -0.4 is 5.32 Å². The van der Waals surface area contributed by atoms with Crippen LogP contribution in [0.4, 0.5) is 0 Å². The Kier molecular flexibility index (Phi) is 5.53. The fourth-order valence-electron chi connectivity index (χ4n) is 3.89. The lowest BCUT2D eigenvalue weighted by Gasteiger charge is -2.37. The number of rotatable bonds is 4. The normalized spacial score (nSPS) is 26.8. The molecule has 122 valence electrons. The van der Waals surface area contributed by atoms with Crippen LogP contribution in [0, 0.1) is 12.8 Å². The standard InChI is InChI=1S/C18H28N2OS/c1-14-9-10-17(22-14)18(21)19-16-8-4-3-7-15(16)13-20-11-5-2-6-12-20/h9-10,15-16H,2-8,11-13H2,1H3,(H,19,21). The SMILES string of the molecule is Cc1ccc(C(=O)NC2CCCCC2CN2CCCCC2)s1. The van der Waals surface area contributed by atoms with Crippen LogP contribution in [-0.2, 0) is 0 Å². The average Bonchev–Trinajstić information content (AvgIpc) is 2.97. The number of amides is 1. The van der Waals surface area contributed by atoms with Gasteiger partial charge >= 0.3 is 0 Å². The second-order valence-electron chi connectivity index (χ2n) is 6.90. The number of nitrogens with zero attached hydrogens (tertiary/aromatic N) is 1. The molecule has 0 spiro atoms. The molecule has 2 atom stereocenters. The largest absolute Gasteiger partial charge is 0.348 e. The van der Waals surface area contributed by atoms with Crippen molar-refractivity contribution >= 4 is 17.2 Å². The Morgan fingerprint density at radius 1 is 1.18 bits per heavy atom. The molecule has 2 fully saturated rings. The second kappa shape index (κ2) is 7.60. The van der Waals surface area contributed by atoms with E-state index >= 15 is 0 Å². The lowest BCUT2D eigenvalue weighted by molar-refractivity contribution is 0.0881. The summed E-state index contributed by atoms with van der Waals surface area (Å²) >= 11 is 1.60. The van der Waals surface area contributed by atoms with Gasteiger partial charge in [-0.3, -0.25) is 4.79 Å². The lowest BCUT2D eigenvalue weighted by Crippen LogP contribution is -2.47. The zero-order valence-corrected chi connectivity index (χ0v) is 14.5. The fourth-order valence-corrected chi connectivity index (χ4v) is 4.66. The quantitative estimate of drug-likeness (QED) is 0.914. The molecule has 0 aromatic carbocycles. The van der Waals surface area contributed by atoms with Gasteiger partial charge in [-0.25, -0.2) is 0 Å². The van der Waals surface area contributed by atoms with Crippen LogP contribution in [0.2, 0.25) is 0 Å². The summed E-state index contributed by atoms with van der Waals surface area (Å²) in [6, 6.07) is 4.36. The maximum absolute atomic E-state index is 12.4. The van der Waals surface area contributed by atoms with Crippen molar-refractivity contribution in [1.82, 2.24) is 10.2 Å². The first-order valence-electron chi connectivity index (χ1n) is 8.82. The van der Waals surface area contributed by atoms with Gasteiger partial charge in [0.1, 0.15) is 0 Å². The second-order valence-corrected chi connectivity index (χ2v) is 8.18. The Morgan fingerprint density at radius 2 is 1.95 bits per heavy atom. The molecule has 22 heavy (non-hydrogen) atoms. The van der Waals surface area contributed by atoms with Gasteiger partial charge in [0.15, 0.2) is 0 Å². The maximum atomic E-state index is 12.4. The van der Waals surface area contributed by atoms with E-state index in [2.05, 4.69) is 17.1 Å². The summed E-state index contributed by atoms with van der Waals surface area (Å²) in [5, 5.41) is 3.33. The summed E-state index contributed by atoms with van der Waals surface area (Å²) in [6.07, 6.45) is 9.07. The minimum atomic E-state index is 0.133. The van der Waals surface area contributed by atoms with Crippen LogP contribution in [-0.4, -0.2) is 36.5 Å². The van der Waals surface area contributed by atoms with Crippen molar-refractivity contribution in [2.24, 2.45) is 5.92 Å². The number of likely N-dealkylation sites (tertiary alicyclic amines) is 1. The van der Waals surface area contributed by atoms with Crippen molar-refractivity contribution in [2.75, 3.05) is 19.6 Å². The Balaban J connectivity index is 1.58. The average molecular weight is 321 g/mol. The van der Waals surface area contributed by atoms with E-state index < -0.39 is 0 Å². The summed E-state index contributed by atoms with van der Waals surface area (Å²) in [5.74, 6) is 0.769. The molecule has 1 aliphatic heterocycles. The predicted molar refractivity (Wildman–Crippen MR) is 92.6 cm³/mol. The molecule has 1 aromatic rings. The number of aryl methyl sites for hydroxylation is 1. The van der Waals surface area contributed by atoms with Crippen LogP contribution in [0.25, 0.3) is 0 Å². The van der Waals surface area contributed by atoms with Gasteiger partial charge in [0.2, 0.25) is 0 Å². The number of carbonyl (C=O) groups is 1. The van der Waals surface area contributed by atoms with E-state index in [1.165, 1.54) is 63.0 Å². The highest BCUT2D eigenvalue weighted by Crippen LogP contribution is 2.27. The molecule has 1 saturated carbocycles. The van der Waals surface area contributed by atoms with E-state index in [0.717, 1.165) is 11.3 Å². The highest BCUT2D eigenvalue weighted by atomic mass is 32.1. The molecule has 0 bridgehead atoms. The van der Waals surface area contributed by atoms with E-state index in [4.69, 9.17) is 0 Å². The summed E-state index contributed by atoms with van der Waals surface area (Å²) in [4.78, 5) is 17.1. The first-order chi connectivity index (χ1) is 10.7. The van der Waals surface area contributed by atoms with Gasteiger partial charge in [-0.2, -0.15) is 0 Å². The number of thiophene rings is 1. The van der Waals surface area contributed by atoms with Gasteiger partial charge in [0.05, 0.1) is 4.88 Å². The number of piperidine rings is 1. The highest BCUT2D eigenvalue weighted by Gasteiger charge is 2.29. The molecule has 2 aliphatic rings. The monoisotopic (exact) mass is 320 g/mol. The van der Waals surface area contributed by atoms with Crippen molar-refractivity contribution < 1.29 is 4.79 Å². The Bertz CT molecular complexity index is 493. The molecule has 3 rings (SSSR count). The van der Waals surface area contributed by atoms with Gasteiger partial charge in [-0.1, -0.05) is 19.3 Å². The van der Waals surface area contributed by atoms with E-state index in [0.29, 0.717) is 12.0 Å². The maximum Gasteiger partial charge on any atom is 0.261 e. The first kappa shape index (κ1) is 16.0. The van der Waals surface area contributed by atoms with Gasteiger partial charge in [-0.15, -0.1) is 11.3 Å². The number of carbonyl (C=O) groups excluding carboxylic acids is 1. The summed E-state index contributed by atoms with van der Waals surface area (Å²) in [5.41, 5.74) is 0. The molecule has 1 aromatic heterocycles. The third-order valence-corrected chi connectivity index (χ3v) is 6.13. The van der Waals surface area contributed by atoms with E-state index in [9.17, 15) is 4.79 Å². The van der Waals surface area contributed by atoms with Crippen molar-refractivity contribution in [1.29, 1.82) is 0 Å². The summed E-state index contributed by atoms with van der Waals surface area (Å²) in [6.45, 7) is 5.73. The first-order valence-corrected chi connectivity index (χ1v) is 9.63. The van der Waals surface area contributed by atoms with Crippen molar-refractivity contribution in [3.63, 3.8) is 0 Å². The number of nitrogens with one attached hydrogen (secondary N) is 1. The number of hydrogen-bond acceptors (Lipinski definition) is 3. The van der Waals surface area contributed by atoms with Crippen LogP contribution in [0.5, 0.6) is 0 Å². The van der Waals surface area contributed by atoms with Crippen LogP contribution in [0.3, 0.4) is 0 Å². The predicted octanol–water partition coefficient (Wildman–Crippen LogP) is 3.83. The number of hydrogen-bond donors (Lipinski definition) is 1. The Morgan fingerprint density at radius 3 is 2.68 bits per heavy atom. The molecule has 1 N–H and O–H groups in total. The molecule has 2 heterocycles. The molecule has 4 heteroatoms. The van der Waals surface area contributed by atoms with Gasteiger partial charge in [0, 0.05) is 17.5 Å². The zero-order valence-electron chi connectivity index (χ0n) is 13.6. The Labute approximate surface area is 138 Å². The van der Waals surface area contributed by atoms with E-state index in [1.807, 2.05) is 12.1 Å².